The summed E-state index contributed by atoms with van der Waals surface area (Å²) in [4.78, 5) is 17.9. The molecule has 2 aliphatic rings. The largest absolute Gasteiger partial charge is 0.347 e. The Morgan fingerprint density at radius 2 is 1.71 bits per heavy atom. The molecule has 0 unspecified atom stereocenters. The Bertz CT molecular complexity index is 1110. The maximum atomic E-state index is 13.2. The Morgan fingerprint density at radius 3 is 2.41 bits per heavy atom. The van der Waals surface area contributed by atoms with Crippen molar-refractivity contribution >= 4 is 28.4 Å². The van der Waals surface area contributed by atoms with E-state index in [9.17, 15) is 4.79 Å². The van der Waals surface area contributed by atoms with Crippen molar-refractivity contribution in [3.63, 3.8) is 0 Å². The zero-order valence-electron chi connectivity index (χ0n) is 20.3. The molecule has 3 aromatic rings. The summed E-state index contributed by atoms with van der Waals surface area (Å²) < 4.78 is 2.30. The number of benzene rings is 2. The molecule has 0 aliphatic carbocycles. The molecule has 0 bridgehead atoms. The summed E-state index contributed by atoms with van der Waals surface area (Å²) >= 11 is 6.30. The monoisotopic (exact) mass is 477 g/mol. The van der Waals surface area contributed by atoms with Crippen molar-refractivity contribution in [3.05, 3.63) is 70.9 Å². The van der Waals surface area contributed by atoms with Gasteiger partial charge in [0, 0.05) is 54.2 Å². The van der Waals surface area contributed by atoms with Crippen LogP contribution in [0.3, 0.4) is 0 Å². The fraction of sp³-hybridized carbons (Fsp3) is 0.483. The Kier molecular flexibility index (Phi) is 7.26. The molecule has 5 rings (SSSR count). The number of fused-ring (bicyclic) bond motifs is 1. The van der Waals surface area contributed by atoms with Crippen LogP contribution in [0.4, 0.5) is 0 Å². The van der Waals surface area contributed by atoms with Gasteiger partial charge in [-0.3, -0.25) is 9.69 Å². The maximum Gasteiger partial charge on any atom is 0.225 e. The molecule has 2 aromatic carbocycles. The van der Waals surface area contributed by atoms with E-state index in [1.165, 1.54) is 22.0 Å². The van der Waals surface area contributed by atoms with Gasteiger partial charge in [0.25, 0.3) is 0 Å². The molecule has 0 saturated carbocycles. The summed E-state index contributed by atoms with van der Waals surface area (Å²) in [6.45, 7) is 7.88. The van der Waals surface area contributed by atoms with E-state index in [2.05, 4.69) is 70.0 Å². The Hall–Kier alpha value is -2.30. The number of carbonyl (C=O) groups excluding carboxylic acids is 1. The van der Waals surface area contributed by atoms with Crippen molar-refractivity contribution < 1.29 is 4.79 Å². The highest BCUT2D eigenvalue weighted by Crippen LogP contribution is 2.29. The second-order valence-electron chi connectivity index (χ2n) is 10.1. The first-order valence-corrected chi connectivity index (χ1v) is 13.3. The van der Waals surface area contributed by atoms with Gasteiger partial charge in [0.15, 0.2) is 0 Å². The van der Waals surface area contributed by atoms with Gasteiger partial charge >= 0.3 is 0 Å². The van der Waals surface area contributed by atoms with E-state index in [0.29, 0.717) is 11.8 Å². The average Bonchev–Trinajstić information content (AvgIpc) is 3.21. The second kappa shape index (κ2) is 10.5. The van der Waals surface area contributed by atoms with Gasteiger partial charge in [0.2, 0.25) is 5.91 Å². The van der Waals surface area contributed by atoms with Crippen LogP contribution < -0.4 is 0 Å². The quantitative estimate of drug-likeness (QED) is 0.435. The smallest absolute Gasteiger partial charge is 0.225 e. The number of rotatable bonds is 6. The highest BCUT2D eigenvalue weighted by Gasteiger charge is 2.31. The molecule has 1 aromatic heterocycles. The molecule has 0 radical (unpaired) electrons. The predicted octanol–water partition coefficient (Wildman–Crippen LogP) is 6.01. The summed E-state index contributed by atoms with van der Waals surface area (Å²) in [6, 6.07) is 17.0. The third kappa shape index (κ3) is 5.18. The molecule has 2 fully saturated rings. The van der Waals surface area contributed by atoms with E-state index >= 15 is 0 Å². The number of amides is 1. The van der Waals surface area contributed by atoms with Gasteiger partial charge in [-0.2, -0.15) is 0 Å². The lowest BCUT2D eigenvalue weighted by atomic mass is 9.88. The summed E-state index contributed by atoms with van der Waals surface area (Å²) in [5, 5.41) is 2.05. The standard InChI is InChI=1S/C29H36ClN3O/c1-2-32-21-25(27-19-26(30)8-9-28(27)32)20-31-14-12-24(13-15-31)29(34)33-16-10-23(11-17-33)18-22-6-4-3-5-7-22/h3-9,19,21,23-24H,2,10-18,20H2,1H3. The van der Waals surface area contributed by atoms with Gasteiger partial charge in [0.05, 0.1) is 0 Å². The molecule has 2 saturated heterocycles. The van der Waals surface area contributed by atoms with Crippen LogP contribution in [0.2, 0.25) is 5.02 Å². The van der Waals surface area contributed by atoms with E-state index in [1.807, 2.05) is 6.07 Å². The van der Waals surface area contributed by atoms with Crippen molar-refractivity contribution in [1.29, 1.82) is 0 Å². The van der Waals surface area contributed by atoms with Crippen molar-refractivity contribution in [1.82, 2.24) is 14.4 Å². The van der Waals surface area contributed by atoms with Gasteiger partial charge < -0.3 is 9.47 Å². The maximum absolute atomic E-state index is 13.2. The fourth-order valence-electron chi connectivity index (χ4n) is 5.87. The minimum atomic E-state index is 0.188. The van der Waals surface area contributed by atoms with Gasteiger partial charge in [-0.1, -0.05) is 41.9 Å². The van der Waals surface area contributed by atoms with Crippen LogP contribution in [0.15, 0.2) is 54.7 Å². The van der Waals surface area contributed by atoms with Crippen LogP contribution in [0.1, 0.15) is 43.7 Å². The number of carbonyl (C=O) groups is 1. The molecule has 180 valence electrons. The van der Waals surface area contributed by atoms with E-state index in [0.717, 1.165) is 76.4 Å². The van der Waals surface area contributed by atoms with Crippen LogP contribution >= 0.6 is 11.6 Å². The number of piperidine rings is 2. The molecular formula is C29H36ClN3O. The third-order valence-corrected chi connectivity index (χ3v) is 8.13. The summed E-state index contributed by atoms with van der Waals surface area (Å²) in [5.41, 5.74) is 4.01. The molecule has 1 amide bonds. The number of aryl methyl sites for hydroxylation is 1. The van der Waals surface area contributed by atoms with Crippen molar-refractivity contribution in [2.75, 3.05) is 26.2 Å². The molecule has 3 heterocycles. The molecule has 5 heteroatoms. The van der Waals surface area contributed by atoms with Crippen LogP contribution in [-0.2, 0) is 24.3 Å². The summed E-state index contributed by atoms with van der Waals surface area (Å²) in [6.07, 6.45) is 7.61. The van der Waals surface area contributed by atoms with Gasteiger partial charge in [0.1, 0.15) is 0 Å². The van der Waals surface area contributed by atoms with Gasteiger partial charge in [-0.25, -0.2) is 0 Å². The molecule has 0 N–H and O–H groups in total. The zero-order valence-corrected chi connectivity index (χ0v) is 21.0. The SMILES string of the molecule is CCn1cc(CN2CCC(C(=O)N3CCC(Cc4ccccc4)CC3)CC2)c2cc(Cl)ccc21. The minimum Gasteiger partial charge on any atom is -0.347 e. The lowest BCUT2D eigenvalue weighted by Gasteiger charge is -2.37. The number of hydrogen-bond acceptors (Lipinski definition) is 2. The van der Waals surface area contributed by atoms with Crippen molar-refractivity contribution in [2.24, 2.45) is 11.8 Å². The van der Waals surface area contributed by atoms with E-state index < -0.39 is 0 Å². The van der Waals surface area contributed by atoms with E-state index in [4.69, 9.17) is 11.6 Å². The molecule has 2 aliphatic heterocycles. The van der Waals surface area contributed by atoms with Crippen molar-refractivity contribution in [3.8, 4) is 0 Å². The number of aromatic nitrogens is 1. The van der Waals surface area contributed by atoms with E-state index in [1.54, 1.807) is 0 Å². The number of halogens is 1. The first kappa shape index (κ1) is 23.4. The summed E-state index contributed by atoms with van der Waals surface area (Å²) in [7, 11) is 0. The van der Waals surface area contributed by atoms with Crippen molar-refractivity contribution in [2.45, 2.75) is 52.1 Å². The van der Waals surface area contributed by atoms with Crippen LogP contribution in [0.5, 0.6) is 0 Å². The Labute approximate surface area is 208 Å². The second-order valence-corrected chi connectivity index (χ2v) is 10.5. The highest BCUT2D eigenvalue weighted by atomic mass is 35.5. The van der Waals surface area contributed by atoms with Crippen LogP contribution in [0, 0.1) is 11.8 Å². The van der Waals surface area contributed by atoms with Crippen LogP contribution in [0.25, 0.3) is 10.9 Å². The predicted molar refractivity (Wildman–Crippen MR) is 140 cm³/mol. The molecule has 34 heavy (non-hydrogen) atoms. The van der Waals surface area contributed by atoms with E-state index in [-0.39, 0.29) is 5.92 Å². The van der Waals surface area contributed by atoms with Crippen LogP contribution in [-0.4, -0.2) is 46.5 Å². The number of nitrogens with zero attached hydrogens (tertiary/aromatic N) is 3. The lowest BCUT2D eigenvalue weighted by Crippen LogP contribution is -2.45. The lowest BCUT2D eigenvalue weighted by molar-refractivity contribution is -0.138. The zero-order chi connectivity index (χ0) is 23.5. The number of likely N-dealkylation sites (tertiary alicyclic amines) is 2. The first-order valence-electron chi connectivity index (χ1n) is 12.9. The minimum absolute atomic E-state index is 0.188. The van der Waals surface area contributed by atoms with Gasteiger partial charge in [-0.05, 0) is 87.4 Å². The normalized spacial score (nSPS) is 18.6. The number of hydrogen-bond donors (Lipinski definition) is 0. The molecular weight excluding hydrogens is 442 g/mol. The highest BCUT2D eigenvalue weighted by molar-refractivity contribution is 6.31. The van der Waals surface area contributed by atoms with Gasteiger partial charge in [-0.15, -0.1) is 0 Å². The average molecular weight is 478 g/mol. The molecule has 4 nitrogen and oxygen atoms in total. The fourth-order valence-corrected chi connectivity index (χ4v) is 6.04. The molecule has 0 spiro atoms. The summed E-state index contributed by atoms with van der Waals surface area (Å²) in [5.74, 6) is 1.28. The topological polar surface area (TPSA) is 28.5 Å². The molecule has 0 atom stereocenters. The first-order chi connectivity index (χ1) is 16.6. The Balaban J connectivity index is 1.12. The Morgan fingerprint density at radius 1 is 0.971 bits per heavy atom. The third-order valence-electron chi connectivity index (χ3n) is 7.89.